The second-order valence-electron chi connectivity index (χ2n) is 6.03. The Morgan fingerprint density at radius 3 is 2.20 bits per heavy atom. The number of carboxylic acids is 1. The molecule has 0 spiro atoms. The molecular formula is C16H34N2O2. The van der Waals surface area contributed by atoms with Crippen molar-refractivity contribution < 1.29 is 9.90 Å². The molecule has 2 atom stereocenters. The molecule has 0 saturated carbocycles. The summed E-state index contributed by atoms with van der Waals surface area (Å²) in [7, 11) is 0. The fourth-order valence-corrected chi connectivity index (χ4v) is 2.76. The number of rotatable bonds is 11. The van der Waals surface area contributed by atoms with E-state index >= 15 is 0 Å². The summed E-state index contributed by atoms with van der Waals surface area (Å²) in [6.07, 6.45) is 3.36. The zero-order chi connectivity index (χ0) is 15.8. The molecule has 0 heterocycles. The van der Waals surface area contributed by atoms with Gasteiger partial charge in [-0.1, -0.05) is 20.8 Å². The second-order valence-corrected chi connectivity index (χ2v) is 6.03. The van der Waals surface area contributed by atoms with Crippen molar-refractivity contribution in [2.45, 2.75) is 84.8 Å². The highest BCUT2D eigenvalue weighted by molar-refractivity contribution is 5.78. The van der Waals surface area contributed by atoms with Crippen LogP contribution in [0.1, 0.15) is 67.2 Å². The van der Waals surface area contributed by atoms with E-state index in [-0.39, 0.29) is 6.04 Å². The van der Waals surface area contributed by atoms with Crippen molar-refractivity contribution in [3.63, 3.8) is 0 Å². The van der Waals surface area contributed by atoms with Gasteiger partial charge in [0.1, 0.15) is 5.54 Å². The molecule has 4 nitrogen and oxygen atoms in total. The van der Waals surface area contributed by atoms with Gasteiger partial charge in [-0.25, -0.2) is 0 Å². The average Bonchev–Trinajstić information content (AvgIpc) is 2.40. The quantitative estimate of drug-likeness (QED) is 0.613. The Morgan fingerprint density at radius 2 is 1.85 bits per heavy atom. The molecule has 120 valence electrons. The summed E-state index contributed by atoms with van der Waals surface area (Å²) in [5.41, 5.74) is -0.775. The fraction of sp³-hybridized carbons (Fsp3) is 0.938. The van der Waals surface area contributed by atoms with Crippen LogP contribution in [0.4, 0.5) is 0 Å². The average molecular weight is 286 g/mol. The van der Waals surface area contributed by atoms with Gasteiger partial charge in [0.15, 0.2) is 0 Å². The third-order valence-corrected chi connectivity index (χ3v) is 4.25. The Bertz CT molecular complexity index is 282. The zero-order valence-electron chi connectivity index (χ0n) is 14.2. The van der Waals surface area contributed by atoms with Crippen molar-refractivity contribution in [2.24, 2.45) is 0 Å². The lowest BCUT2D eigenvalue weighted by atomic mass is 9.89. The topological polar surface area (TPSA) is 52.6 Å². The van der Waals surface area contributed by atoms with Crippen LogP contribution in [-0.2, 0) is 4.79 Å². The zero-order valence-corrected chi connectivity index (χ0v) is 14.2. The molecule has 0 aliphatic rings. The Morgan fingerprint density at radius 1 is 1.25 bits per heavy atom. The Balaban J connectivity index is 4.57. The van der Waals surface area contributed by atoms with E-state index in [1.807, 2.05) is 20.8 Å². The van der Waals surface area contributed by atoms with E-state index < -0.39 is 11.5 Å². The van der Waals surface area contributed by atoms with Gasteiger partial charge in [0.05, 0.1) is 0 Å². The largest absolute Gasteiger partial charge is 0.480 e. The normalized spacial score (nSPS) is 16.4. The van der Waals surface area contributed by atoms with Gasteiger partial charge in [0.2, 0.25) is 0 Å². The number of hydrogen-bond acceptors (Lipinski definition) is 3. The van der Waals surface area contributed by atoms with E-state index in [4.69, 9.17) is 0 Å². The van der Waals surface area contributed by atoms with Gasteiger partial charge in [-0.15, -0.1) is 0 Å². The molecule has 0 bridgehead atoms. The predicted molar refractivity (Wildman–Crippen MR) is 85.2 cm³/mol. The van der Waals surface area contributed by atoms with Crippen molar-refractivity contribution in [1.82, 2.24) is 10.2 Å². The third-order valence-electron chi connectivity index (χ3n) is 4.25. The maximum absolute atomic E-state index is 11.6. The molecule has 0 rings (SSSR count). The maximum atomic E-state index is 11.6. The lowest BCUT2D eigenvalue weighted by Crippen LogP contribution is -2.54. The lowest BCUT2D eigenvalue weighted by Gasteiger charge is -2.33. The van der Waals surface area contributed by atoms with Crippen molar-refractivity contribution >= 4 is 5.97 Å². The van der Waals surface area contributed by atoms with Gasteiger partial charge in [0, 0.05) is 12.1 Å². The summed E-state index contributed by atoms with van der Waals surface area (Å²) in [6.45, 7) is 14.6. The first-order chi connectivity index (χ1) is 9.32. The van der Waals surface area contributed by atoms with Crippen LogP contribution in [0.2, 0.25) is 0 Å². The van der Waals surface area contributed by atoms with E-state index in [0.717, 1.165) is 25.9 Å². The van der Waals surface area contributed by atoms with Crippen LogP contribution < -0.4 is 5.32 Å². The molecule has 0 fully saturated rings. The maximum Gasteiger partial charge on any atom is 0.323 e. The summed E-state index contributed by atoms with van der Waals surface area (Å²) in [4.78, 5) is 14.1. The minimum Gasteiger partial charge on any atom is -0.480 e. The molecule has 0 aromatic carbocycles. The lowest BCUT2D eigenvalue weighted by molar-refractivity contribution is -0.145. The van der Waals surface area contributed by atoms with Crippen molar-refractivity contribution in [2.75, 3.05) is 13.1 Å². The molecule has 0 aliphatic carbocycles. The fourth-order valence-electron chi connectivity index (χ4n) is 2.76. The van der Waals surface area contributed by atoms with Gasteiger partial charge in [0.25, 0.3) is 0 Å². The van der Waals surface area contributed by atoms with E-state index in [2.05, 4.69) is 31.0 Å². The van der Waals surface area contributed by atoms with Crippen LogP contribution in [0.25, 0.3) is 0 Å². The number of hydrogen-bond donors (Lipinski definition) is 2. The number of nitrogens with zero attached hydrogens (tertiary/aromatic N) is 1. The molecule has 0 radical (unpaired) electrons. The Kier molecular flexibility index (Phi) is 9.06. The van der Waals surface area contributed by atoms with Crippen molar-refractivity contribution in [1.29, 1.82) is 0 Å². The van der Waals surface area contributed by atoms with Gasteiger partial charge in [-0.05, 0) is 59.5 Å². The van der Waals surface area contributed by atoms with Crippen LogP contribution in [0.5, 0.6) is 0 Å². The first-order valence-electron chi connectivity index (χ1n) is 8.08. The van der Waals surface area contributed by atoms with E-state index in [0.29, 0.717) is 18.9 Å². The monoisotopic (exact) mass is 286 g/mol. The van der Waals surface area contributed by atoms with E-state index in [1.54, 1.807) is 0 Å². The summed E-state index contributed by atoms with van der Waals surface area (Å²) >= 11 is 0. The van der Waals surface area contributed by atoms with Crippen LogP contribution in [-0.4, -0.2) is 46.7 Å². The first-order valence-corrected chi connectivity index (χ1v) is 8.08. The molecule has 0 aliphatic heterocycles. The molecular weight excluding hydrogens is 252 g/mol. The Hall–Kier alpha value is -0.610. The summed E-state index contributed by atoms with van der Waals surface area (Å²) < 4.78 is 0. The van der Waals surface area contributed by atoms with Gasteiger partial charge >= 0.3 is 5.97 Å². The molecule has 2 unspecified atom stereocenters. The first kappa shape index (κ1) is 19.4. The Labute approximate surface area is 124 Å². The molecule has 4 heteroatoms. The van der Waals surface area contributed by atoms with Crippen LogP contribution >= 0.6 is 0 Å². The SMILES string of the molecule is CCC(C)N(CC)CCCC(CC)(NC(C)C)C(=O)O. The minimum atomic E-state index is -0.775. The number of aliphatic carboxylic acids is 1. The summed E-state index contributed by atoms with van der Waals surface area (Å²) in [6, 6.07) is 0.752. The molecule has 0 saturated heterocycles. The third kappa shape index (κ3) is 5.80. The van der Waals surface area contributed by atoms with E-state index in [9.17, 15) is 9.90 Å². The number of carboxylic acid groups (broad SMARTS) is 1. The minimum absolute atomic E-state index is 0.183. The molecule has 0 amide bonds. The predicted octanol–water partition coefficient (Wildman–Crippen LogP) is 3.12. The molecule has 0 aromatic heterocycles. The highest BCUT2D eigenvalue weighted by Crippen LogP contribution is 2.20. The number of nitrogens with one attached hydrogen (secondary N) is 1. The standard InChI is InChI=1S/C16H34N2O2/c1-7-14(6)18(9-3)12-10-11-16(8-2,15(19)20)17-13(4)5/h13-14,17H,7-12H2,1-6H3,(H,19,20). The van der Waals surface area contributed by atoms with Crippen LogP contribution in [0.15, 0.2) is 0 Å². The van der Waals surface area contributed by atoms with Crippen molar-refractivity contribution in [3.05, 3.63) is 0 Å². The van der Waals surface area contributed by atoms with Gasteiger partial charge < -0.3 is 10.0 Å². The highest BCUT2D eigenvalue weighted by Gasteiger charge is 2.36. The smallest absolute Gasteiger partial charge is 0.323 e. The molecule has 20 heavy (non-hydrogen) atoms. The summed E-state index contributed by atoms with van der Waals surface area (Å²) in [5.74, 6) is -0.722. The van der Waals surface area contributed by atoms with Gasteiger partial charge in [-0.3, -0.25) is 10.1 Å². The summed E-state index contributed by atoms with van der Waals surface area (Å²) in [5, 5.41) is 12.8. The highest BCUT2D eigenvalue weighted by atomic mass is 16.4. The van der Waals surface area contributed by atoms with Gasteiger partial charge in [-0.2, -0.15) is 0 Å². The second kappa shape index (κ2) is 9.35. The van der Waals surface area contributed by atoms with Crippen LogP contribution in [0.3, 0.4) is 0 Å². The molecule has 2 N–H and O–H groups in total. The van der Waals surface area contributed by atoms with Crippen molar-refractivity contribution in [3.8, 4) is 0 Å². The number of carbonyl (C=O) groups is 1. The van der Waals surface area contributed by atoms with E-state index in [1.165, 1.54) is 0 Å². The molecule has 0 aromatic rings. The van der Waals surface area contributed by atoms with Crippen LogP contribution in [0, 0.1) is 0 Å².